The van der Waals surface area contributed by atoms with Crippen LogP contribution in [-0.2, 0) is 4.79 Å². The van der Waals surface area contributed by atoms with Crippen molar-refractivity contribution in [2.45, 2.75) is 77.2 Å². The van der Waals surface area contributed by atoms with E-state index in [0.29, 0.717) is 0 Å². The molecule has 0 amide bonds. The Bertz CT molecular complexity index is 180. The average Bonchev–Trinajstić information content (AvgIpc) is 2.30. The second-order valence-electron chi connectivity index (χ2n) is 4.70. The number of hydrogen-bond acceptors (Lipinski definition) is 2. The van der Waals surface area contributed by atoms with Gasteiger partial charge in [-0.15, -0.1) is 0 Å². The van der Waals surface area contributed by atoms with Gasteiger partial charge in [-0.3, -0.25) is 4.79 Å². The molecule has 2 N–H and O–H groups in total. The molecule has 0 rings (SSSR count). The van der Waals surface area contributed by atoms with E-state index in [-0.39, 0.29) is 6.42 Å². The van der Waals surface area contributed by atoms with E-state index < -0.39 is 12.1 Å². The van der Waals surface area contributed by atoms with Gasteiger partial charge in [-0.05, 0) is 12.8 Å². The van der Waals surface area contributed by atoms with Gasteiger partial charge >= 0.3 is 5.97 Å². The molecule has 0 aliphatic carbocycles. The van der Waals surface area contributed by atoms with Crippen LogP contribution in [0.5, 0.6) is 0 Å². The maximum absolute atomic E-state index is 10.2. The lowest BCUT2D eigenvalue weighted by Gasteiger charge is -2.08. The highest BCUT2D eigenvalue weighted by Crippen LogP contribution is 2.12. The quantitative estimate of drug-likeness (QED) is 0.515. The summed E-state index contributed by atoms with van der Waals surface area (Å²) in [5, 5.41) is 17.9. The molecule has 17 heavy (non-hydrogen) atoms. The van der Waals surface area contributed by atoms with Gasteiger partial charge in [0.15, 0.2) is 0 Å². The first kappa shape index (κ1) is 16.4. The fourth-order valence-corrected chi connectivity index (χ4v) is 1.87. The zero-order chi connectivity index (χ0) is 12.9. The van der Waals surface area contributed by atoms with Crippen molar-refractivity contribution in [3.63, 3.8) is 0 Å². The number of aliphatic hydroxyl groups excluding tert-OH is 1. The van der Waals surface area contributed by atoms with Crippen LogP contribution in [-0.4, -0.2) is 22.3 Å². The summed E-state index contributed by atoms with van der Waals surface area (Å²) < 4.78 is 0. The van der Waals surface area contributed by atoms with Crippen molar-refractivity contribution in [3.8, 4) is 0 Å². The van der Waals surface area contributed by atoms with Crippen molar-refractivity contribution in [1.29, 1.82) is 0 Å². The highest BCUT2D eigenvalue weighted by molar-refractivity contribution is 5.76. The van der Waals surface area contributed by atoms with Crippen LogP contribution in [0, 0.1) is 6.42 Å². The number of hydrogen-bond donors (Lipinski definition) is 2. The Kier molecular flexibility index (Phi) is 11.5. The molecular weight excluding hydrogens is 216 g/mol. The predicted octanol–water partition coefficient (Wildman–Crippen LogP) is 3.56. The van der Waals surface area contributed by atoms with E-state index in [1.165, 1.54) is 38.5 Å². The third kappa shape index (κ3) is 13.4. The van der Waals surface area contributed by atoms with E-state index in [0.717, 1.165) is 25.7 Å². The fourth-order valence-electron chi connectivity index (χ4n) is 1.87. The van der Waals surface area contributed by atoms with Gasteiger partial charge in [0.2, 0.25) is 0 Å². The van der Waals surface area contributed by atoms with Crippen LogP contribution in [0.15, 0.2) is 0 Å². The Morgan fingerprint density at radius 3 is 2.12 bits per heavy atom. The molecule has 3 heteroatoms. The van der Waals surface area contributed by atoms with E-state index in [4.69, 9.17) is 5.11 Å². The molecular formula is C14H27O3. The topological polar surface area (TPSA) is 57.5 Å². The molecule has 1 atom stereocenters. The Balaban J connectivity index is 3.13. The summed E-state index contributed by atoms with van der Waals surface area (Å²) in [6.07, 6.45) is 11.6. The Morgan fingerprint density at radius 2 is 1.59 bits per heavy atom. The standard InChI is InChI=1S/C14H27O3/c1-2-3-4-5-6-7-8-9-10-13(15)11-12-14(16)17/h12-13,15H,2-11H2,1H3,(H,16,17). The Labute approximate surface area is 105 Å². The van der Waals surface area contributed by atoms with Crippen LogP contribution in [0.25, 0.3) is 0 Å². The Hall–Kier alpha value is -0.570. The van der Waals surface area contributed by atoms with Crippen LogP contribution in [0.4, 0.5) is 0 Å². The lowest BCUT2D eigenvalue weighted by molar-refractivity contribution is -0.133. The number of aliphatic hydroxyl groups is 1. The SMILES string of the molecule is CCCCCCCCCCC(O)C[CH]C(=O)O. The van der Waals surface area contributed by atoms with Crippen molar-refractivity contribution in [3.05, 3.63) is 6.42 Å². The monoisotopic (exact) mass is 243 g/mol. The van der Waals surface area contributed by atoms with Crippen LogP contribution in [0.3, 0.4) is 0 Å². The fraction of sp³-hybridized carbons (Fsp3) is 0.857. The minimum Gasteiger partial charge on any atom is -0.481 e. The third-order valence-electron chi connectivity index (χ3n) is 2.96. The highest BCUT2D eigenvalue weighted by Gasteiger charge is 2.06. The maximum Gasteiger partial charge on any atom is 0.307 e. The number of aliphatic carboxylic acids is 1. The van der Waals surface area contributed by atoms with Gasteiger partial charge in [0.25, 0.3) is 0 Å². The molecule has 101 valence electrons. The number of carbonyl (C=O) groups is 1. The average molecular weight is 243 g/mol. The van der Waals surface area contributed by atoms with Crippen molar-refractivity contribution >= 4 is 5.97 Å². The number of rotatable bonds is 12. The largest absolute Gasteiger partial charge is 0.481 e. The first-order chi connectivity index (χ1) is 8.16. The molecule has 1 unspecified atom stereocenters. The summed E-state index contributed by atoms with van der Waals surface area (Å²) in [4.78, 5) is 10.2. The van der Waals surface area contributed by atoms with E-state index in [1.54, 1.807) is 0 Å². The van der Waals surface area contributed by atoms with Gasteiger partial charge in [0.1, 0.15) is 0 Å². The number of unbranched alkanes of at least 4 members (excludes halogenated alkanes) is 7. The van der Waals surface area contributed by atoms with Gasteiger partial charge in [0, 0.05) is 0 Å². The van der Waals surface area contributed by atoms with Crippen molar-refractivity contribution < 1.29 is 15.0 Å². The van der Waals surface area contributed by atoms with E-state index in [9.17, 15) is 9.90 Å². The van der Waals surface area contributed by atoms with Crippen molar-refractivity contribution in [2.24, 2.45) is 0 Å². The lowest BCUT2D eigenvalue weighted by Crippen LogP contribution is -2.09. The molecule has 0 aliphatic rings. The minimum atomic E-state index is -0.944. The molecule has 0 aromatic rings. The summed E-state index contributed by atoms with van der Waals surface area (Å²) in [7, 11) is 0. The Morgan fingerprint density at radius 1 is 1.06 bits per heavy atom. The van der Waals surface area contributed by atoms with Gasteiger partial charge in [-0.25, -0.2) is 0 Å². The van der Waals surface area contributed by atoms with E-state index >= 15 is 0 Å². The lowest BCUT2D eigenvalue weighted by atomic mass is 10.0. The molecule has 0 bridgehead atoms. The predicted molar refractivity (Wildman–Crippen MR) is 69.8 cm³/mol. The van der Waals surface area contributed by atoms with Crippen LogP contribution in [0.2, 0.25) is 0 Å². The van der Waals surface area contributed by atoms with Gasteiger partial charge in [-0.2, -0.15) is 0 Å². The summed E-state index contributed by atoms with van der Waals surface area (Å²) in [5.41, 5.74) is 0. The van der Waals surface area contributed by atoms with Gasteiger partial charge < -0.3 is 10.2 Å². The van der Waals surface area contributed by atoms with Gasteiger partial charge in [0.05, 0.1) is 12.5 Å². The second-order valence-corrected chi connectivity index (χ2v) is 4.70. The summed E-state index contributed by atoms with van der Waals surface area (Å²) in [5.74, 6) is -0.944. The summed E-state index contributed by atoms with van der Waals surface area (Å²) in [6, 6.07) is 0. The van der Waals surface area contributed by atoms with Crippen LogP contribution in [0.1, 0.15) is 71.1 Å². The summed E-state index contributed by atoms with van der Waals surface area (Å²) in [6.45, 7) is 2.22. The van der Waals surface area contributed by atoms with E-state index in [2.05, 4.69) is 6.92 Å². The number of carboxylic acid groups (broad SMARTS) is 1. The molecule has 0 saturated carbocycles. The van der Waals surface area contributed by atoms with Gasteiger partial charge in [-0.1, -0.05) is 58.3 Å². The minimum absolute atomic E-state index is 0.270. The third-order valence-corrected chi connectivity index (χ3v) is 2.96. The molecule has 0 saturated heterocycles. The zero-order valence-corrected chi connectivity index (χ0v) is 11.0. The van der Waals surface area contributed by atoms with E-state index in [1.807, 2.05) is 0 Å². The summed E-state index contributed by atoms with van der Waals surface area (Å²) >= 11 is 0. The molecule has 0 aromatic heterocycles. The van der Waals surface area contributed by atoms with Crippen molar-refractivity contribution in [2.75, 3.05) is 0 Å². The molecule has 0 aliphatic heterocycles. The second kappa shape index (κ2) is 11.9. The molecule has 0 aromatic carbocycles. The molecule has 0 fully saturated rings. The number of carboxylic acids is 1. The van der Waals surface area contributed by atoms with Crippen LogP contribution < -0.4 is 0 Å². The highest BCUT2D eigenvalue weighted by atomic mass is 16.4. The molecule has 0 spiro atoms. The molecule has 3 nitrogen and oxygen atoms in total. The van der Waals surface area contributed by atoms with Crippen LogP contribution >= 0.6 is 0 Å². The maximum atomic E-state index is 10.2. The first-order valence-electron chi connectivity index (χ1n) is 6.91. The smallest absolute Gasteiger partial charge is 0.307 e. The normalized spacial score (nSPS) is 12.6. The molecule has 1 radical (unpaired) electrons. The first-order valence-corrected chi connectivity index (χ1v) is 6.91. The molecule has 0 heterocycles. The zero-order valence-electron chi connectivity index (χ0n) is 11.0. The van der Waals surface area contributed by atoms with Crippen molar-refractivity contribution in [1.82, 2.24) is 0 Å².